The molecule has 1 N–H and O–H groups in total. The SMILES string of the molecule is CCCCCN1C(=O)CNC1c1cc(C)ccc1C. The maximum atomic E-state index is 12.0. The van der Waals surface area contributed by atoms with Gasteiger partial charge in [-0.05, 0) is 31.4 Å². The van der Waals surface area contributed by atoms with Crippen molar-refractivity contribution in [3.8, 4) is 0 Å². The van der Waals surface area contributed by atoms with Crippen LogP contribution >= 0.6 is 0 Å². The van der Waals surface area contributed by atoms with Gasteiger partial charge in [-0.25, -0.2) is 0 Å². The number of hydrogen-bond acceptors (Lipinski definition) is 2. The quantitative estimate of drug-likeness (QED) is 0.826. The Balaban J connectivity index is 2.17. The molecule has 2 rings (SSSR count). The van der Waals surface area contributed by atoms with Crippen LogP contribution in [0.4, 0.5) is 0 Å². The second-order valence-electron chi connectivity index (χ2n) is 5.44. The summed E-state index contributed by atoms with van der Waals surface area (Å²) in [5, 5.41) is 3.34. The molecule has 0 saturated carbocycles. The molecule has 1 aromatic rings. The highest BCUT2D eigenvalue weighted by Gasteiger charge is 2.31. The van der Waals surface area contributed by atoms with Crippen LogP contribution in [0.1, 0.15) is 49.0 Å². The molecule has 1 atom stereocenters. The van der Waals surface area contributed by atoms with E-state index in [9.17, 15) is 4.79 Å². The van der Waals surface area contributed by atoms with Crippen molar-refractivity contribution >= 4 is 5.91 Å². The summed E-state index contributed by atoms with van der Waals surface area (Å²) in [4.78, 5) is 14.0. The topological polar surface area (TPSA) is 32.3 Å². The van der Waals surface area contributed by atoms with Crippen LogP contribution in [0.3, 0.4) is 0 Å². The van der Waals surface area contributed by atoms with E-state index in [4.69, 9.17) is 0 Å². The fourth-order valence-electron chi connectivity index (χ4n) is 2.66. The molecule has 1 aliphatic heterocycles. The Morgan fingerprint density at radius 2 is 2.11 bits per heavy atom. The number of amides is 1. The molecule has 1 fully saturated rings. The fourth-order valence-corrected chi connectivity index (χ4v) is 2.66. The number of carbonyl (C=O) groups excluding carboxylic acids is 1. The van der Waals surface area contributed by atoms with Crippen molar-refractivity contribution in [1.82, 2.24) is 10.2 Å². The maximum absolute atomic E-state index is 12.0. The Morgan fingerprint density at radius 3 is 2.84 bits per heavy atom. The standard InChI is InChI=1S/C16H24N2O/c1-4-5-6-9-18-15(19)11-17-16(18)14-10-12(2)7-8-13(14)3/h7-8,10,16-17H,4-6,9,11H2,1-3H3. The van der Waals surface area contributed by atoms with E-state index in [1.165, 1.54) is 29.5 Å². The van der Waals surface area contributed by atoms with E-state index in [1.54, 1.807) is 0 Å². The highest BCUT2D eigenvalue weighted by Crippen LogP contribution is 2.26. The van der Waals surface area contributed by atoms with Crippen molar-refractivity contribution in [1.29, 1.82) is 0 Å². The number of rotatable bonds is 5. The number of unbranched alkanes of at least 4 members (excludes halogenated alkanes) is 2. The van der Waals surface area contributed by atoms with Crippen LogP contribution in [0, 0.1) is 13.8 Å². The lowest BCUT2D eigenvalue weighted by Crippen LogP contribution is -2.31. The predicted molar refractivity (Wildman–Crippen MR) is 77.9 cm³/mol. The molecule has 0 spiro atoms. The van der Waals surface area contributed by atoms with Gasteiger partial charge in [-0.1, -0.05) is 43.5 Å². The molecule has 104 valence electrons. The molecule has 3 heteroatoms. The predicted octanol–water partition coefficient (Wildman–Crippen LogP) is 2.92. The van der Waals surface area contributed by atoms with Crippen LogP contribution < -0.4 is 5.32 Å². The van der Waals surface area contributed by atoms with Gasteiger partial charge in [-0.15, -0.1) is 0 Å². The molecule has 3 nitrogen and oxygen atoms in total. The molecule has 1 unspecified atom stereocenters. The molecule has 1 aromatic carbocycles. The Bertz CT molecular complexity index is 456. The van der Waals surface area contributed by atoms with Gasteiger partial charge >= 0.3 is 0 Å². The number of carbonyl (C=O) groups is 1. The molecule has 0 radical (unpaired) electrons. The largest absolute Gasteiger partial charge is 0.322 e. The first-order valence-corrected chi connectivity index (χ1v) is 7.23. The van der Waals surface area contributed by atoms with Crippen molar-refractivity contribution < 1.29 is 4.79 Å². The van der Waals surface area contributed by atoms with E-state index in [1.807, 2.05) is 4.90 Å². The van der Waals surface area contributed by atoms with Crippen LogP contribution in [0.25, 0.3) is 0 Å². The second-order valence-corrected chi connectivity index (χ2v) is 5.44. The van der Waals surface area contributed by atoms with Gasteiger partial charge in [0.05, 0.1) is 6.54 Å². The summed E-state index contributed by atoms with van der Waals surface area (Å²) in [5.41, 5.74) is 3.73. The van der Waals surface area contributed by atoms with Gasteiger partial charge in [0.15, 0.2) is 0 Å². The minimum atomic E-state index is 0.0595. The molecular weight excluding hydrogens is 236 g/mol. The van der Waals surface area contributed by atoms with Gasteiger partial charge in [0, 0.05) is 6.54 Å². The van der Waals surface area contributed by atoms with E-state index in [-0.39, 0.29) is 12.1 Å². The molecule has 0 aliphatic carbocycles. The van der Waals surface area contributed by atoms with Gasteiger partial charge in [-0.3, -0.25) is 10.1 Å². The van der Waals surface area contributed by atoms with E-state index in [0.29, 0.717) is 6.54 Å². The van der Waals surface area contributed by atoms with Crippen molar-refractivity contribution in [3.63, 3.8) is 0 Å². The molecule has 0 aromatic heterocycles. The minimum Gasteiger partial charge on any atom is -0.322 e. The molecule has 1 heterocycles. The number of benzene rings is 1. The Morgan fingerprint density at radius 1 is 1.32 bits per heavy atom. The highest BCUT2D eigenvalue weighted by atomic mass is 16.2. The number of nitrogens with one attached hydrogen (secondary N) is 1. The Kier molecular flexibility index (Phi) is 4.59. The van der Waals surface area contributed by atoms with Gasteiger partial charge in [0.25, 0.3) is 0 Å². The summed E-state index contributed by atoms with van der Waals surface area (Å²) in [7, 11) is 0. The lowest BCUT2D eigenvalue weighted by atomic mass is 10.0. The molecular formula is C16H24N2O. The molecule has 0 bridgehead atoms. The summed E-state index contributed by atoms with van der Waals surface area (Å²) in [6, 6.07) is 6.45. The number of aryl methyl sites for hydroxylation is 2. The average molecular weight is 260 g/mol. The van der Waals surface area contributed by atoms with E-state index in [2.05, 4.69) is 44.3 Å². The fraction of sp³-hybridized carbons (Fsp3) is 0.562. The Labute approximate surface area is 116 Å². The molecule has 1 saturated heterocycles. The average Bonchev–Trinajstić information content (AvgIpc) is 2.75. The molecule has 19 heavy (non-hydrogen) atoms. The van der Waals surface area contributed by atoms with E-state index in [0.717, 1.165) is 13.0 Å². The first-order chi connectivity index (χ1) is 9.13. The van der Waals surface area contributed by atoms with Crippen LogP contribution in [-0.2, 0) is 4.79 Å². The van der Waals surface area contributed by atoms with Gasteiger partial charge in [-0.2, -0.15) is 0 Å². The molecule has 1 aliphatic rings. The third kappa shape index (κ3) is 3.16. The van der Waals surface area contributed by atoms with Crippen LogP contribution in [-0.4, -0.2) is 23.9 Å². The van der Waals surface area contributed by atoms with Crippen LogP contribution in [0.2, 0.25) is 0 Å². The third-order valence-electron chi connectivity index (χ3n) is 3.81. The summed E-state index contributed by atoms with van der Waals surface area (Å²) in [6.45, 7) is 7.72. The Hall–Kier alpha value is -1.35. The summed E-state index contributed by atoms with van der Waals surface area (Å²) in [6.07, 6.45) is 3.52. The zero-order valence-electron chi connectivity index (χ0n) is 12.2. The van der Waals surface area contributed by atoms with Gasteiger partial charge in [0.1, 0.15) is 6.17 Å². The van der Waals surface area contributed by atoms with Crippen molar-refractivity contribution in [2.45, 2.75) is 46.2 Å². The van der Waals surface area contributed by atoms with Gasteiger partial charge < -0.3 is 4.90 Å². The summed E-state index contributed by atoms with van der Waals surface area (Å²) in [5.74, 6) is 0.224. The number of hydrogen-bond donors (Lipinski definition) is 1. The monoisotopic (exact) mass is 260 g/mol. The smallest absolute Gasteiger partial charge is 0.238 e. The zero-order chi connectivity index (χ0) is 13.8. The van der Waals surface area contributed by atoms with Crippen molar-refractivity contribution in [2.24, 2.45) is 0 Å². The first kappa shape index (κ1) is 14.1. The van der Waals surface area contributed by atoms with E-state index >= 15 is 0 Å². The van der Waals surface area contributed by atoms with Crippen molar-refractivity contribution in [2.75, 3.05) is 13.1 Å². The zero-order valence-corrected chi connectivity index (χ0v) is 12.2. The second kappa shape index (κ2) is 6.20. The highest BCUT2D eigenvalue weighted by molar-refractivity contribution is 5.81. The summed E-state index contributed by atoms with van der Waals surface area (Å²) < 4.78 is 0. The molecule has 1 amide bonds. The van der Waals surface area contributed by atoms with Crippen LogP contribution in [0.5, 0.6) is 0 Å². The van der Waals surface area contributed by atoms with Gasteiger partial charge in [0.2, 0.25) is 5.91 Å². The summed E-state index contributed by atoms with van der Waals surface area (Å²) >= 11 is 0. The maximum Gasteiger partial charge on any atom is 0.238 e. The lowest BCUT2D eigenvalue weighted by molar-refractivity contribution is -0.128. The van der Waals surface area contributed by atoms with Crippen LogP contribution in [0.15, 0.2) is 18.2 Å². The normalized spacial score (nSPS) is 19.2. The van der Waals surface area contributed by atoms with E-state index < -0.39 is 0 Å². The minimum absolute atomic E-state index is 0.0595. The first-order valence-electron chi connectivity index (χ1n) is 7.23. The third-order valence-corrected chi connectivity index (χ3v) is 3.81. The van der Waals surface area contributed by atoms with Crippen molar-refractivity contribution in [3.05, 3.63) is 34.9 Å². The lowest BCUT2D eigenvalue weighted by Gasteiger charge is -2.26. The number of nitrogens with zero attached hydrogens (tertiary/aromatic N) is 1.